The van der Waals surface area contributed by atoms with E-state index in [0.29, 0.717) is 12.0 Å². The van der Waals surface area contributed by atoms with Crippen LogP contribution >= 0.6 is 0 Å². The van der Waals surface area contributed by atoms with Gasteiger partial charge in [-0.3, -0.25) is 4.79 Å². The molecule has 3 atom stereocenters. The summed E-state index contributed by atoms with van der Waals surface area (Å²) in [5.41, 5.74) is 0.670. The second-order valence-corrected chi connectivity index (χ2v) is 4.50. The van der Waals surface area contributed by atoms with E-state index in [4.69, 9.17) is 0 Å². The summed E-state index contributed by atoms with van der Waals surface area (Å²) in [5.74, 6) is 1.42. The number of hydrogen-bond acceptors (Lipinski definition) is 3. The van der Waals surface area contributed by atoms with Gasteiger partial charge in [0.1, 0.15) is 0 Å². The van der Waals surface area contributed by atoms with Crippen molar-refractivity contribution in [2.45, 2.75) is 32.7 Å². The number of anilines is 1. The molecule has 1 heterocycles. The van der Waals surface area contributed by atoms with Gasteiger partial charge >= 0.3 is 0 Å². The summed E-state index contributed by atoms with van der Waals surface area (Å²) in [4.78, 5) is 11.1. The third-order valence-corrected chi connectivity index (χ3v) is 3.48. The molecule has 1 aliphatic carbocycles. The largest absolute Gasteiger partial charge is 0.381 e. The first-order valence-corrected chi connectivity index (χ1v) is 5.48. The Labute approximate surface area is 89.1 Å². The lowest BCUT2D eigenvalue weighted by atomic mass is 9.98. The molecule has 1 aliphatic rings. The van der Waals surface area contributed by atoms with E-state index in [1.54, 1.807) is 12.3 Å². The number of hydrogen-bond donors (Lipinski definition) is 2. The molecular formula is C11H17N3O. The van der Waals surface area contributed by atoms with Crippen molar-refractivity contribution in [2.24, 2.45) is 11.8 Å². The Morgan fingerprint density at radius 2 is 2.27 bits per heavy atom. The Hall–Kier alpha value is -1.32. The first-order valence-electron chi connectivity index (χ1n) is 5.48. The molecule has 4 heteroatoms. The Bertz CT molecular complexity index is 387. The summed E-state index contributed by atoms with van der Waals surface area (Å²) in [5, 5.41) is 9.52. The monoisotopic (exact) mass is 207 g/mol. The average molecular weight is 207 g/mol. The van der Waals surface area contributed by atoms with Crippen LogP contribution in [0.25, 0.3) is 0 Å². The minimum absolute atomic E-state index is 0.154. The van der Waals surface area contributed by atoms with Crippen LogP contribution < -0.4 is 10.9 Å². The summed E-state index contributed by atoms with van der Waals surface area (Å²) < 4.78 is 0. The highest BCUT2D eigenvalue weighted by atomic mass is 16.1. The quantitative estimate of drug-likeness (QED) is 0.774. The summed E-state index contributed by atoms with van der Waals surface area (Å²) in [6, 6.07) is 2.03. The average Bonchev–Trinajstić information content (AvgIpc) is 2.50. The minimum Gasteiger partial charge on any atom is -0.381 e. The summed E-state index contributed by atoms with van der Waals surface area (Å²) in [7, 11) is 0. The maximum absolute atomic E-state index is 11.1. The van der Waals surface area contributed by atoms with Crippen LogP contribution in [0.15, 0.2) is 17.1 Å². The first kappa shape index (κ1) is 10.2. The number of nitrogens with one attached hydrogen (secondary N) is 2. The second-order valence-electron chi connectivity index (χ2n) is 4.50. The van der Waals surface area contributed by atoms with Crippen LogP contribution in [0.5, 0.6) is 0 Å². The molecule has 4 nitrogen and oxygen atoms in total. The molecule has 0 radical (unpaired) electrons. The smallest absolute Gasteiger partial charge is 0.266 e. The summed E-state index contributed by atoms with van der Waals surface area (Å²) in [6.07, 6.45) is 4.10. The molecule has 0 saturated heterocycles. The van der Waals surface area contributed by atoms with Crippen molar-refractivity contribution in [3.05, 3.63) is 22.6 Å². The van der Waals surface area contributed by atoms with E-state index in [0.717, 1.165) is 11.6 Å². The van der Waals surface area contributed by atoms with E-state index in [1.807, 2.05) is 0 Å². The van der Waals surface area contributed by atoms with Gasteiger partial charge < -0.3 is 5.32 Å². The van der Waals surface area contributed by atoms with Crippen LogP contribution in [0.2, 0.25) is 0 Å². The molecule has 0 spiro atoms. The van der Waals surface area contributed by atoms with Crippen LogP contribution in [0.3, 0.4) is 0 Å². The number of rotatable bonds is 2. The van der Waals surface area contributed by atoms with E-state index < -0.39 is 0 Å². The zero-order valence-electron chi connectivity index (χ0n) is 9.16. The van der Waals surface area contributed by atoms with Crippen LogP contribution in [0.4, 0.5) is 5.69 Å². The lowest BCUT2D eigenvalue weighted by Gasteiger charge is -2.20. The molecule has 0 bridgehead atoms. The normalized spacial score (nSPS) is 30.4. The van der Waals surface area contributed by atoms with Crippen molar-refractivity contribution < 1.29 is 0 Å². The van der Waals surface area contributed by atoms with Gasteiger partial charge in [-0.15, -0.1) is 0 Å². The molecule has 15 heavy (non-hydrogen) atoms. The van der Waals surface area contributed by atoms with Crippen molar-refractivity contribution >= 4 is 5.69 Å². The van der Waals surface area contributed by atoms with Gasteiger partial charge in [-0.05, 0) is 24.7 Å². The molecule has 1 saturated carbocycles. The first-order chi connectivity index (χ1) is 7.16. The SMILES string of the molecule is CC1CCC(Nc2cn[nH]c(=O)c2)C1C. The standard InChI is InChI=1S/C11H17N3O/c1-7-3-4-10(8(7)2)13-9-5-11(15)14-12-6-9/h5-8,10H,3-4H2,1-2H3,(H2,13,14,15). The Kier molecular flexibility index (Phi) is 2.75. The maximum Gasteiger partial charge on any atom is 0.266 e. The molecule has 0 amide bonds. The van der Waals surface area contributed by atoms with Crippen molar-refractivity contribution in [1.29, 1.82) is 0 Å². The van der Waals surface area contributed by atoms with Crippen LogP contribution in [-0.2, 0) is 0 Å². The predicted molar refractivity (Wildman–Crippen MR) is 59.8 cm³/mol. The van der Waals surface area contributed by atoms with E-state index in [9.17, 15) is 4.79 Å². The molecule has 0 aliphatic heterocycles. The van der Waals surface area contributed by atoms with E-state index >= 15 is 0 Å². The lowest BCUT2D eigenvalue weighted by molar-refractivity contribution is 0.435. The summed E-state index contributed by atoms with van der Waals surface area (Å²) in [6.45, 7) is 4.54. The Morgan fingerprint density at radius 1 is 1.47 bits per heavy atom. The number of H-pyrrole nitrogens is 1. The lowest BCUT2D eigenvalue weighted by Crippen LogP contribution is -2.25. The Balaban J connectivity index is 2.06. The second kappa shape index (κ2) is 4.04. The molecule has 82 valence electrons. The van der Waals surface area contributed by atoms with Gasteiger partial charge in [-0.25, -0.2) is 5.10 Å². The van der Waals surface area contributed by atoms with E-state index in [-0.39, 0.29) is 5.56 Å². The van der Waals surface area contributed by atoms with Gasteiger partial charge in [0, 0.05) is 12.1 Å². The fourth-order valence-electron chi connectivity index (χ4n) is 2.24. The van der Waals surface area contributed by atoms with E-state index in [1.165, 1.54) is 12.8 Å². The highest BCUT2D eigenvalue weighted by Crippen LogP contribution is 2.32. The molecule has 0 aromatic carbocycles. The molecule has 2 rings (SSSR count). The van der Waals surface area contributed by atoms with Crippen molar-refractivity contribution in [1.82, 2.24) is 10.2 Å². The predicted octanol–water partition coefficient (Wildman–Crippen LogP) is 1.62. The molecule has 1 aromatic heterocycles. The van der Waals surface area contributed by atoms with Crippen molar-refractivity contribution in [2.75, 3.05) is 5.32 Å². The topological polar surface area (TPSA) is 57.8 Å². The van der Waals surface area contributed by atoms with Crippen LogP contribution in [0, 0.1) is 11.8 Å². The van der Waals surface area contributed by atoms with Gasteiger partial charge in [-0.2, -0.15) is 5.10 Å². The number of aromatic amines is 1. The molecular weight excluding hydrogens is 190 g/mol. The molecule has 1 fully saturated rings. The van der Waals surface area contributed by atoms with Crippen LogP contribution in [0.1, 0.15) is 26.7 Å². The fraction of sp³-hybridized carbons (Fsp3) is 0.636. The molecule has 1 aromatic rings. The minimum atomic E-state index is -0.154. The summed E-state index contributed by atoms with van der Waals surface area (Å²) >= 11 is 0. The van der Waals surface area contributed by atoms with Crippen LogP contribution in [-0.4, -0.2) is 16.2 Å². The fourth-order valence-corrected chi connectivity index (χ4v) is 2.24. The number of aromatic nitrogens is 2. The third-order valence-electron chi connectivity index (χ3n) is 3.48. The van der Waals surface area contributed by atoms with Gasteiger partial charge in [0.05, 0.1) is 11.9 Å². The van der Waals surface area contributed by atoms with E-state index in [2.05, 4.69) is 29.4 Å². The molecule has 2 N–H and O–H groups in total. The number of nitrogens with zero attached hydrogens (tertiary/aromatic N) is 1. The zero-order valence-corrected chi connectivity index (χ0v) is 9.16. The third kappa shape index (κ3) is 2.19. The van der Waals surface area contributed by atoms with Crippen molar-refractivity contribution in [3.8, 4) is 0 Å². The van der Waals surface area contributed by atoms with Gasteiger partial charge in [0.15, 0.2) is 0 Å². The van der Waals surface area contributed by atoms with Gasteiger partial charge in [0.2, 0.25) is 0 Å². The van der Waals surface area contributed by atoms with Gasteiger partial charge in [-0.1, -0.05) is 13.8 Å². The Morgan fingerprint density at radius 3 is 2.87 bits per heavy atom. The maximum atomic E-state index is 11.1. The van der Waals surface area contributed by atoms with Gasteiger partial charge in [0.25, 0.3) is 5.56 Å². The zero-order chi connectivity index (χ0) is 10.8. The molecule has 3 unspecified atom stereocenters. The highest BCUT2D eigenvalue weighted by Gasteiger charge is 2.29. The highest BCUT2D eigenvalue weighted by molar-refractivity contribution is 5.40. The van der Waals surface area contributed by atoms with Crippen molar-refractivity contribution in [3.63, 3.8) is 0 Å².